The summed E-state index contributed by atoms with van der Waals surface area (Å²) in [5.74, 6) is -1.89. The van der Waals surface area contributed by atoms with E-state index in [1.807, 2.05) is 49.4 Å². The van der Waals surface area contributed by atoms with Crippen LogP contribution in [0.3, 0.4) is 0 Å². The molecule has 3 aromatic carbocycles. The SMILES string of the molecule is CC(=O)Nc1ccc(N2C(=O)C(=O)/C(=C(\O)c3ccc(C)cc3)C2c2ccccc2)cc1. The average Bonchev–Trinajstić information content (AvgIpc) is 3.05. The van der Waals surface area contributed by atoms with Crippen LogP contribution in [0.4, 0.5) is 11.4 Å². The highest BCUT2D eigenvalue weighted by Crippen LogP contribution is 2.42. The van der Waals surface area contributed by atoms with E-state index in [1.165, 1.54) is 11.8 Å². The maximum Gasteiger partial charge on any atom is 0.300 e. The van der Waals surface area contributed by atoms with E-state index >= 15 is 0 Å². The van der Waals surface area contributed by atoms with Crippen LogP contribution in [0.15, 0.2) is 84.4 Å². The number of Topliss-reactive ketones (excluding diaryl/α,β-unsaturated/α-hetero) is 1. The van der Waals surface area contributed by atoms with E-state index in [9.17, 15) is 19.5 Å². The van der Waals surface area contributed by atoms with Gasteiger partial charge in [0.2, 0.25) is 5.91 Å². The Labute approximate surface area is 185 Å². The fraction of sp³-hybridized carbons (Fsp3) is 0.115. The molecule has 1 heterocycles. The summed E-state index contributed by atoms with van der Waals surface area (Å²) in [6.07, 6.45) is 0. The Bertz CT molecular complexity index is 1210. The molecule has 160 valence electrons. The van der Waals surface area contributed by atoms with Gasteiger partial charge in [0.1, 0.15) is 5.76 Å². The summed E-state index contributed by atoms with van der Waals surface area (Å²) < 4.78 is 0. The van der Waals surface area contributed by atoms with Crippen molar-refractivity contribution in [2.24, 2.45) is 0 Å². The lowest BCUT2D eigenvalue weighted by molar-refractivity contribution is -0.132. The van der Waals surface area contributed by atoms with Crippen molar-refractivity contribution >= 4 is 34.7 Å². The number of nitrogens with zero attached hydrogens (tertiary/aromatic N) is 1. The Balaban J connectivity index is 1.85. The summed E-state index contributed by atoms with van der Waals surface area (Å²) in [6.45, 7) is 3.34. The standard InChI is InChI=1S/C26H22N2O4/c1-16-8-10-19(11-9-16)24(30)22-23(18-6-4-3-5-7-18)28(26(32)25(22)31)21-14-12-20(13-15-21)27-17(2)29/h3-15,23,30H,1-2H3,(H,27,29)/b24-22-. The van der Waals surface area contributed by atoms with Crippen LogP contribution in [0, 0.1) is 6.92 Å². The highest BCUT2D eigenvalue weighted by Gasteiger charge is 2.46. The van der Waals surface area contributed by atoms with Crippen molar-refractivity contribution in [3.63, 3.8) is 0 Å². The Morgan fingerprint density at radius 1 is 0.906 bits per heavy atom. The topological polar surface area (TPSA) is 86.7 Å². The summed E-state index contributed by atoms with van der Waals surface area (Å²) in [6, 6.07) is 22.1. The van der Waals surface area contributed by atoms with Gasteiger partial charge in [0.05, 0.1) is 11.6 Å². The van der Waals surface area contributed by atoms with Gasteiger partial charge in [-0.05, 0) is 36.8 Å². The zero-order valence-corrected chi connectivity index (χ0v) is 17.7. The Morgan fingerprint density at radius 2 is 1.53 bits per heavy atom. The molecule has 1 unspecified atom stereocenters. The fourth-order valence-electron chi connectivity index (χ4n) is 3.83. The molecule has 6 nitrogen and oxygen atoms in total. The third-order valence-electron chi connectivity index (χ3n) is 5.35. The largest absolute Gasteiger partial charge is 0.507 e. The van der Waals surface area contributed by atoms with E-state index in [0.29, 0.717) is 22.5 Å². The number of amides is 2. The molecular weight excluding hydrogens is 404 g/mol. The quantitative estimate of drug-likeness (QED) is 0.363. The number of anilines is 2. The van der Waals surface area contributed by atoms with Gasteiger partial charge in [-0.2, -0.15) is 0 Å². The van der Waals surface area contributed by atoms with Gasteiger partial charge in [-0.3, -0.25) is 19.3 Å². The number of carbonyl (C=O) groups excluding carboxylic acids is 3. The van der Waals surface area contributed by atoms with Gasteiger partial charge >= 0.3 is 0 Å². The van der Waals surface area contributed by atoms with E-state index in [-0.39, 0.29) is 17.2 Å². The molecule has 4 rings (SSSR count). The summed E-state index contributed by atoms with van der Waals surface area (Å²) >= 11 is 0. The molecule has 32 heavy (non-hydrogen) atoms. The number of hydrogen-bond donors (Lipinski definition) is 2. The van der Waals surface area contributed by atoms with Gasteiger partial charge < -0.3 is 10.4 Å². The number of benzene rings is 3. The Morgan fingerprint density at radius 3 is 2.12 bits per heavy atom. The van der Waals surface area contributed by atoms with E-state index in [4.69, 9.17) is 0 Å². The maximum absolute atomic E-state index is 13.1. The van der Waals surface area contributed by atoms with Gasteiger partial charge in [0.25, 0.3) is 11.7 Å². The van der Waals surface area contributed by atoms with E-state index in [2.05, 4.69) is 5.32 Å². The lowest BCUT2D eigenvalue weighted by Crippen LogP contribution is -2.29. The molecule has 3 aromatic rings. The van der Waals surface area contributed by atoms with Gasteiger partial charge in [-0.15, -0.1) is 0 Å². The van der Waals surface area contributed by atoms with Crippen LogP contribution in [-0.4, -0.2) is 22.7 Å². The summed E-state index contributed by atoms with van der Waals surface area (Å²) in [7, 11) is 0. The zero-order valence-electron chi connectivity index (χ0n) is 17.7. The minimum Gasteiger partial charge on any atom is -0.507 e. The lowest BCUT2D eigenvalue weighted by Gasteiger charge is -2.25. The van der Waals surface area contributed by atoms with Crippen LogP contribution in [0.1, 0.15) is 29.7 Å². The van der Waals surface area contributed by atoms with Crippen LogP contribution < -0.4 is 10.2 Å². The first-order chi connectivity index (χ1) is 15.4. The molecule has 0 bridgehead atoms. The molecule has 1 atom stereocenters. The highest BCUT2D eigenvalue weighted by molar-refractivity contribution is 6.51. The minimum atomic E-state index is -0.788. The molecule has 0 radical (unpaired) electrons. The van der Waals surface area contributed by atoms with Crippen LogP contribution in [0.25, 0.3) is 5.76 Å². The summed E-state index contributed by atoms with van der Waals surface area (Å²) in [5.41, 5.74) is 3.28. The molecule has 2 amide bonds. The molecule has 1 saturated heterocycles. The second-order valence-corrected chi connectivity index (χ2v) is 7.67. The number of ketones is 1. The zero-order chi connectivity index (χ0) is 22.8. The minimum absolute atomic E-state index is 0.0380. The predicted octanol–water partition coefficient (Wildman–Crippen LogP) is 4.58. The van der Waals surface area contributed by atoms with Gasteiger partial charge in [0.15, 0.2) is 0 Å². The molecule has 0 spiro atoms. The van der Waals surface area contributed by atoms with E-state index in [0.717, 1.165) is 5.56 Å². The first-order valence-electron chi connectivity index (χ1n) is 10.2. The fourth-order valence-corrected chi connectivity index (χ4v) is 3.83. The molecule has 2 N–H and O–H groups in total. The van der Waals surface area contributed by atoms with E-state index in [1.54, 1.807) is 36.4 Å². The van der Waals surface area contributed by atoms with Crippen LogP contribution in [-0.2, 0) is 14.4 Å². The van der Waals surface area contributed by atoms with Crippen molar-refractivity contribution in [2.45, 2.75) is 19.9 Å². The first kappa shape index (κ1) is 21.1. The van der Waals surface area contributed by atoms with Crippen molar-refractivity contribution in [3.8, 4) is 0 Å². The highest BCUT2D eigenvalue weighted by atomic mass is 16.3. The molecule has 0 aromatic heterocycles. The smallest absolute Gasteiger partial charge is 0.300 e. The third-order valence-corrected chi connectivity index (χ3v) is 5.35. The Kier molecular flexibility index (Phi) is 5.60. The molecule has 6 heteroatoms. The average molecular weight is 426 g/mol. The van der Waals surface area contributed by atoms with Gasteiger partial charge in [0, 0.05) is 23.9 Å². The molecule has 1 aliphatic heterocycles. The maximum atomic E-state index is 13.1. The summed E-state index contributed by atoms with van der Waals surface area (Å²) in [5, 5.41) is 13.8. The number of aliphatic hydroxyl groups is 1. The normalized spacial score (nSPS) is 17.4. The van der Waals surface area contributed by atoms with Gasteiger partial charge in [-0.25, -0.2) is 0 Å². The second kappa shape index (κ2) is 8.51. The van der Waals surface area contributed by atoms with Crippen molar-refractivity contribution in [2.75, 3.05) is 10.2 Å². The van der Waals surface area contributed by atoms with Crippen molar-refractivity contribution in [3.05, 3.63) is 101 Å². The molecule has 1 fully saturated rings. The number of hydrogen-bond acceptors (Lipinski definition) is 4. The monoisotopic (exact) mass is 426 g/mol. The number of carbonyl (C=O) groups is 3. The van der Waals surface area contributed by atoms with Crippen LogP contribution >= 0.6 is 0 Å². The summed E-state index contributed by atoms with van der Waals surface area (Å²) in [4.78, 5) is 38.9. The van der Waals surface area contributed by atoms with Gasteiger partial charge in [-0.1, -0.05) is 60.2 Å². The number of aryl methyl sites for hydroxylation is 1. The number of rotatable bonds is 4. The third kappa shape index (κ3) is 3.90. The molecule has 1 aliphatic rings. The molecule has 0 aliphatic carbocycles. The molecular formula is C26H22N2O4. The molecule has 0 saturated carbocycles. The number of nitrogens with one attached hydrogen (secondary N) is 1. The number of aliphatic hydroxyl groups excluding tert-OH is 1. The van der Waals surface area contributed by atoms with Crippen molar-refractivity contribution in [1.29, 1.82) is 0 Å². The predicted molar refractivity (Wildman–Crippen MR) is 123 cm³/mol. The van der Waals surface area contributed by atoms with E-state index < -0.39 is 17.7 Å². The van der Waals surface area contributed by atoms with Crippen LogP contribution in [0.5, 0.6) is 0 Å². The first-order valence-corrected chi connectivity index (χ1v) is 10.2. The second-order valence-electron chi connectivity index (χ2n) is 7.67. The van der Waals surface area contributed by atoms with Crippen molar-refractivity contribution < 1.29 is 19.5 Å². The lowest BCUT2D eigenvalue weighted by atomic mass is 9.95. The van der Waals surface area contributed by atoms with Crippen LogP contribution in [0.2, 0.25) is 0 Å². The Hall–Kier alpha value is -4.19. The van der Waals surface area contributed by atoms with Crippen molar-refractivity contribution in [1.82, 2.24) is 0 Å².